The van der Waals surface area contributed by atoms with Gasteiger partial charge in [-0.25, -0.2) is 0 Å². The third-order valence-electron chi connectivity index (χ3n) is 6.52. The van der Waals surface area contributed by atoms with Crippen LogP contribution in [0, 0.1) is 23.2 Å². The van der Waals surface area contributed by atoms with Crippen molar-refractivity contribution >= 4 is 0 Å². The van der Waals surface area contributed by atoms with Gasteiger partial charge in [-0.15, -0.1) is 0 Å². The van der Waals surface area contributed by atoms with E-state index in [-0.39, 0.29) is 0 Å². The van der Waals surface area contributed by atoms with Gasteiger partial charge in [0.15, 0.2) is 0 Å². The molecule has 0 amide bonds. The fourth-order valence-electron chi connectivity index (χ4n) is 5.62. The van der Waals surface area contributed by atoms with Crippen LogP contribution >= 0.6 is 0 Å². The zero-order chi connectivity index (χ0) is 14.5. The molecule has 0 N–H and O–H groups in total. The molecule has 2 unspecified atom stereocenters. The predicted octanol–water partition coefficient (Wildman–Crippen LogP) is 5.10. The van der Waals surface area contributed by atoms with Gasteiger partial charge in [0.1, 0.15) is 0 Å². The number of hydrogen-bond acceptors (Lipinski definition) is 1. The van der Waals surface area contributed by atoms with E-state index in [2.05, 4.69) is 39.5 Å². The minimum Gasteiger partial charge on any atom is -0.294 e. The molecular formula is C19H35N. The normalized spacial score (nSPS) is 36.3. The molecule has 1 heteroatoms. The van der Waals surface area contributed by atoms with Crippen LogP contribution in [0.2, 0.25) is 0 Å². The van der Waals surface area contributed by atoms with Gasteiger partial charge in [0, 0.05) is 18.1 Å². The van der Waals surface area contributed by atoms with Crippen molar-refractivity contribution in [2.24, 2.45) is 23.2 Å². The molecule has 3 aliphatic rings. The molecule has 0 aromatic rings. The van der Waals surface area contributed by atoms with E-state index >= 15 is 0 Å². The Morgan fingerprint density at radius 3 is 2.25 bits per heavy atom. The summed E-state index contributed by atoms with van der Waals surface area (Å²) < 4.78 is 0. The Labute approximate surface area is 126 Å². The van der Waals surface area contributed by atoms with Gasteiger partial charge in [0.2, 0.25) is 0 Å². The summed E-state index contributed by atoms with van der Waals surface area (Å²) in [6.07, 6.45) is 10.4. The predicted molar refractivity (Wildman–Crippen MR) is 86.8 cm³/mol. The van der Waals surface area contributed by atoms with Crippen molar-refractivity contribution in [2.45, 2.75) is 91.1 Å². The molecule has 1 nitrogen and oxygen atoms in total. The van der Waals surface area contributed by atoms with Crippen LogP contribution in [-0.2, 0) is 0 Å². The number of rotatable bonds is 4. The standard InChI is InChI=1S/C19H35N/c1-14(2)11-20-17(10-16-7-6-8-16)9-15(3)19(20)12-18(4,5)13-19/h14-17H,6-13H2,1-5H3. The fraction of sp³-hybridized carbons (Fsp3) is 1.00. The van der Waals surface area contributed by atoms with Crippen molar-refractivity contribution in [1.82, 2.24) is 4.90 Å². The summed E-state index contributed by atoms with van der Waals surface area (Å²) in [4.78, 5) is 2.99. The molecule has 0 radical (unpaired) electrons. The van der Waals surface area contributed by atoms with E-state index in [1.165, 1.54) is 51.5 Å². The van der Waals surface area contributed by atoms with Crippen molar-refractivity contribution < 1.29 is 0 Å². The topological polar surface area (TPSA) is 3.24 Å². The highest BCUT2D eigenvalue weighted by Gasteiger charge is 2.60. The van der Waals surface area contributed by atoms with Crippen LogP contribution in [0.15, 0.2) is 0 Å². The van der Waals surface area contributed by atoms with Gasteiger partial charge in [-0.3, -0.25) is 4.90 Å². The van der Waals surface area contributed by atoms with Crippen LogP contribution < -0.4 is 0 Å². The average molecular weight is 277 g/mol. The Morgan fingerprint density at radius 2 is 1.80 bits per heavy atom. The highest BCUT2D eigenvalue weighted by Crippen LogP contribution is 2.60. The Kier molecular flexibility index (Phi) is 3.72. The maximum atomic E-state index is 2.99. The molecule has 1 heterocycles. The maximum absolute atomic E-state index is 2.99. The first-order valence-electron chi connectivity index (χ1n) is 9.09. The molecule has 2 saturated carbocycles. The van der Waals surface area contributed by atoms with Crippen molar-refractivity contribution in [3.8, 4) is 0 Å². The second-order valence-corrected chi connectivity index (χ2v) is 9.49. The first-order chi connectivity index (χ1) is 9.32. The first-order valence-corrected chi connectivity index (χ1v) is 9.09. The van der Waals surface area contributed by atoms with E-state index in [0.29, 0.717) is 11.0 Å². The van der Waals surface area contributed by atoms with E-state index in [9.17, 15) is 0 Å². The van der Waals surface area contributed by atoms with Gasteiger partial charge in [-0.2, -0.15) is 0 Å². The minimum absolute atomic E-state index is 0.572. The molecular weight excluding hydrogens is 242 g/mol. The van der Waals surface area contributed by atoms with Gasteiger partial charge in [0.25, 0.3) is 0 Å². The summed E-state index contributed by atoms with van der Waals surface area (Å²) >= 11 is 0. The molecule has 1 aliphatic heterocycles. The minimum atomic E-state index is 0.572. The van der Waals surface area contributed by atoms with E-state index < -0.39 is 0 Å². The molecule has 0 aromatic heterocycles. The largest absolute Gasteiger partial charge is 0.294 e. The molecule has 2 aliphatic carbocycles. The molecule has 1 spiro atoms. The fourth-order valence-corrected chi connectivity index (χ4v) is 5.62. The summed E-state index contributed by atoms with van der Waals surface area (Å²) in [7, 11) is 0. The maximum Gasteiger partial charge on any atom is 0.0248 e. The van der Waals surface area contributed by atoms with Crippen LogP contribution in [-0.4, -0.2) is 23.0 Å². The Morgan fingerprint density at radius 1 is 1.15 bits per heavy atom. The van der Waals surface area contributed by atoms with Crippen LogP contribution in [0.1, 0.15) is 79.6 Å². The average Bonchev–Trinajstić information content (AvgIpc) is 2.47. The lowest BCUT2D eigenvalue weighted by atomic mass is 9.55. The van der Waals surface area contributed by atoms with Crippen LogP contribution in [0.25, 0.3) is 0 Å². The van der Waals surface area contributed by atoms with E-state index in [1.54, 1.807) is 0 Å². The second-order valence-electron chi connectivity index (χ2n) is 9.49. The van der Waals surface area contributed by atoms with Crippen LogP contribution in [0.4, 0.5) is 0 Å². The quantitative estimate of drug-likeness (QED) is 0.691. The summed E-state index contributed by atoms with van der Waals surface area (Å²) in [5.74, 6) is 2.79. The molecule has 1 saturated heterocycles. The zero-order valence-corrected chi connectivity index (χ0v) is 14.4. The monoisotopic (exact) mass is 277 g/mol. The van der Waals surface area contributed by atoms with E-state index in [1.807, 2.05) is 0 Å². The van der Waals surface area contributed by atoms with E-state index in [4.69, 9.17) is 0 Å². The van der Waals surface area contributed by atoms with Gasteiger partial charge in [0.05, 0.1) is 0 Å². The van der Waals surface area contributed by atoms with E-state index in [0.717, 1.165) is 23.8 Å². The highest BCUT2D eigenvalue weighted by molar-refractivity contribution is 5.15. The third kappa shape index (κ3) is 2.45. The van der Waals surface area contributed by atoms with Gasteiger partial charge >= 0.3 is 0 Å². The Bertz CT molecular complexity index is 345. The van der Waals surface area contributed by atoms with Crippen molar-refractivity contribution in [3.05, 3.63) is 0 Å². The molecule has 0 bridgehead atoms. The molecule has 2 atom stereocenters. The lowest BCUT2D eigenvalue weighted by Crippen LogP contribution is -2.62. The summed E-state index contributed by atoms with van der Waals surface area (Å²) in [6, 6.07) is 0.897. The van der Waals surface area contributed by atoms with Crippen LogP contribution in [0.3, 0.4) is 0 Å². The smallest absolute Gasteiger partial charge is 0.0248 e. The Hall–Kier alpha value is -0.0400. The molecule has 116 valence electrons. The Balaban J connectivity index is 1.74. The first kappa shape index (κ1) is 14.9. The number of likely N-dealkylation sites (tertiary alicyclic amines) is 1. The number of hydrogen-bond donors (Lipinski definition) is 0. The highest BCUT2D eigenvalue weighted by atomic mass is 15.3. The zero-order valence-electron chi connectivity index (χ0n) is 14.4. The summed E-state index contributed by atoms with van der Waals surface area (Å²) in [5, 5.41) is 0. The van der Waals surface area contributed by atoms with Gasteiger partial charge in [-0.1, -0.05) is 53.9 Å². The summed E-state index contributed by atoms with van der Waals surface area (Å²) in [6.45, 7) is 13.6. The van der Waals surface area contributed by atoms with Crippen molar-refractivity contribution in [2.75, 3.05) is 6.54 Å². The molecule has 0 aromatic carbocycles. The lowest BCUT2D eigenvalue weighted by molar-refractivity contribution is -0.0831. The third-order valence-corrected chi connectivity index (χ3v) is 6.52. The SMILES string of the molecule is CC(C)CN1C(CC2CCC2)CC(C)C12CC(C)(C)C2. The van der Waals surface area contributed by atoms with Gasteiger partial charge in [-0.05, 0) is 48.9 Å². The van der Waals surface area contributed by atoms with Crippen molar-refractivity contribution in [1.29, 1.82) is 0 Å². The van der Waals surface area contributed by atoms with Gasteiger partial charge < -0.3 is 0 Å². The second kappa shape index (κ2) is 5.00. The molecule has 3 fully saturated rings. The molecule has 3 rings (SSSR count). The van der Waals surface area contributed by atoms with Crippen molar-refractivity contribution in [3.63, 3.8) is 0 Å². The molecule has 20 heavy (non-hydrogen) atoms. The lowest BCUT2D eigenvalue weighted by Gasteiger charge is -2.59. The van der Waals surface area contributed by atoms with Crippen LogP contribution in [0.5, 0.6) is 0 Å². The summed E-state index contributed by atoms with van der Waals surface area (Å²) in [5.41, 5.74) is 1.16. The number of nitrogens with zero attached hydrogens (tertiary/aromatic N) is 1.